The first kappa shape index (κ1) is 20.0. The predicted octanol–water partition coefficient (Wildman–Crippen LogP) is 4.67. The van der Waals surface area contributed by atoms with Crippen LogP contribution in [0, 0.1) is 11.6 Å². The Morgan fingerprint density at radius 1 is 0.962 bits per heavy atom. The molecule has 2 aromatic rings. The van der Waals surface area contributed by atoms with Gasteiger partial charge in [-0.1, -0.05) is 31.2 Å². The summed E-state index contributed by atoms with van der Waals surface area (Å²) in [7, 11) is 0. The molecule has 0 bridgehead atoms. The van der Waals surface area contributed by atoms with Crippen LogP contribution in [0.1, 0.15) is 43.2 Å². The Hall–Kier alpha value is -2.27. The molecule has 0 aliphatic heterocycles. The molecule has 0 saturated heterocycles. The lowest BCUT2D eigenvalue weighted by molar-refractivity contribution is -0.138. The average Bonchev–Trinajstić information content (AvgIpc) is 2.60. The zero-order chi connectivity index (χ0) is 18.9. The quantitative estimate of drug-likeness (QED) is 0.668. The van der Waals surface area contributed by atoms with Gasteiger partial charge in [0.05, 0.1) is 6.54 Å². The second kappa shape index (κ2) is 10.0. The topological polar surface area (TPSA) is 40.5 Å². The van der Waals surface area contributed by atoms with E-state index in [0.717, 1.165) is 36.9 Å². The van der Waals surface area contributed by atoms with Crippen LogP contribution >= 0.6 is 0 Å². The summed E-state index contributed by atoms with van der Waals surface area (Å²) < 4.78 is 26.5. The van der Waals surface area contributed by atoms with E-state index >= 15 is 0 Å². The van der Waals surface area contributed by atoms with Crippen molar-refractivity contribution in [3.05, 3.63) is 71.3 Å². The maximum atomic E-state index is 13.3. The minimum atomic E-state index is -0.827. The summed E-state index contributed by atoms with van der Waals surface area (Å²) in [5, 5.41) is 9.01. The molecule has 0 aliphatic carbocycles. The van der Waals surface area contributed by atoms with Crippen LogP contribution < -0.4 is 0 Å². The average molecular weight is 361 g/mol. The first-order valence-corrected chi connectivity index (χ1v) is 8.94. The highest BCUT2D eigenvalue weighted by Crippen LogP contribution is 2.29. The molecule has 0 aliphatic rings. The fraction of sp³-hybridized carbons (Fsp3) is 0.381. The van der Waals surface area contributed by atoms with E-state index in [0.29, 0.717) is 6.54 Å². The smallest absolute Gasteiger partial charge is 0.317 e. The number of hydrogen-bond acceptors (Lipinski definition) is 2. The van der Waals surface area contributed by atoms with Gasteiger partial charge in [0, 0.05) is 5.92 Å². The van der Waals surface area contributed by atoms with Crippen molar-refractivity contribution in [3.63, 3.8) is 0 Å². The number of rotatable bonds is 10. The summed E-state index contributed by atoms with van der Waals surface area (Å²) in [6, 6.07) is 12.7. The zero-order valence-corrected chi connectivity index (χ0v) is 15.0. The van der Waals surface area contributed by atoms with E-state index in [4.69, 9.17) is 5.11 Å². The third-order valence-corrected chi connectivity index (χ3v) is 4.41. The Labute approximate surface area is 153 Å². The fourth-order valence-corrected chi connectivity index (χ4v) is 3.21. The lowest BCUT2D eigenvalue weighted by Crippen LogP contribution is -2.31. The Kier molecular flexibility index (Phi) is 7.73. The molecule has 1 N–H and O–H groups in total. The molecular weight excluding hydrogens is 336 g/mol. The maximum Gasteiger partial charge on any atom is 0.317 e. The molecule has 2 aromatic carbocycles. The Balaban J connectivity index is 2.10. The molecule has 0 atom stereocenters. The van der Waals surface area contributed by atoms with Gasteiger partial charge in [-0.2, -0.15) is 0 Å². The van der Waals surface area contributed by atoms with Crippen LogP contribution in [0.2, 0.25) is 0 Å². The molecule has 0 saturated carbocycles. The van der Waals surface area contributed by atoms with E-state index in [9.17, 15) is 13.6 Å². The van der Waals surface area contributed by atoms with E-state index in [1.54, 1.807) is 24.3 Å². The van der Waals surface area contributed by atoms with Crippen molar-refractivity contribution in [2.24, 2.45) is 0 Å². The molecule has 0 fully saturated rings. The van der Waals surface area contributed by atoms with Crippen LogP contribution in [-0.4, -0.2) is 35.6 Å². The van der Waals surface area contributed by atoms with Gasteiger partial charge in [-0.25, -0.2) is 8.78 Å². The summed E-state index contributed by atoms with van der Waals surface area (Å²) >= 11 is 0. The van der Waals surface area contributed by atoms with E-state index < -0.39 is 5.97 Å². The van der Waals surface area contributed by atoms with Crippen molar-refractivity contribution in [3.8, 4) is 0 Å². The first-order valence-electron chi connectivity index (χ1n) is 8.94. The standard InChI is InChI=1S/C21H25F2NO2/c1-2-13-24(15-21(25)26)14-3-4-20(16-5-9-18(22)10-6-16)17-7-11-19(23)12-8-17/h5-12,20H,2-4,13-15H2,1H3,(H,25,26). The number of hydrogen-bond donors (Lipinski definition) is 1. The summed E-state index contributed by atoms with van der Waals surface area (Å²) in [6.07, 6.45) is 2.47. The number of benzene rings is 2. The predicted molar refractivity (Wildman–Crippen MR) is 98.2 cm³/mol. The van der Waals surface area contributed by atoms with Gasteiger partial charge in [0.1, 0.15) is 11.6 Å². The molecule has 140 valence electrons. The Morgan fingerprint density at radius 3 is 1.88 bits per heavy atom. The van der Waals surface area contributed by atoms with E-state index in [1.165, 1.54) is 24.3 Å². The highest BCUT2D eigenvalue weighted by molar-refractivity contribution is 5.69. The molecule has 26 heavy (non-hydrogen) atoms. The summed E-state index contributed by atoms with van der Waals surface area (Å²) in [5.41, 5.74) is 1.94. The fourth-order valence-electron chi connectivity index (χ4n) is 3.21. The summed E-state index contributed by atoms with van der Waals surface area (Å²) in [5.74, 6) is -1.39. The molecule has 0 spiro atoms. The van der Waals surface area contributed by atoms with Gasteiger partial charge in [-0.3, -0.25) is 9.69 Å². The van der Waals surface area contributed by atoms with Gasteiger partial charge < -0.3 is 5.11 Å². The zero-order valence-electron chi connectivity index (χ0n) is 15.0. The number of carboxylic acids is 1. The Bertz CT molecular complexity index is 641. The number of carboxylic acid groups (broad SMARTS) is 1. The van der Waals surface area contributed by atoms with Crippen molar-refractivity contribution in [1.29, 1.82) is 0 Å². The van der Waals surface area contributed by atoms with Gasteiger partial charge in [-0.05, 0) is 67.7 Å². The largest absolute Gasteiger partial charge is 0.480 e. The van der Waals surface area contributed by atoms with Crippen molar-refractivity contribution in [2.75, 3.05) is 19.6 Å². The van der Waals surface area contributed by atoms with Crippen LogP contribution in [0.25, 0.3) is 0 Å². The first-order chi connectivity index (χ1) is 12.5. The second-order valence-electron chi connectivity index (χ2n) is 6.47. The third kappa shape index (κ3) is 6.23. The van der Waals surface area contributed by atoms with E-state index in [1.807, 2.05) is 11.8 Å². The minimum Gasteiger partial charge on any atom is -0.480 e. The van der Waals surface area contributed by atoms with Gasteiger partial charge in [0.25, 0.3) is 0 Å². The van der Waals surface area contributed by atoms with Crippen LogP contribution in [0.4, 0.5) is 8.78 Å². The van der Waals surface area contributed by atoms with Crippen molar-refractivity contribution >= 4 is 5.97 Å². The van der Waals surface area contributed by atoms with Crippen LogP contribution in [0.5, 0.6) is 0 Å². The monoisotopic (exact) mass is 361 g/mol. The molecule has 3 nitrogen and oxygen atoms in total. The highest BCUT2D eigenvalue weighted by Gasteiger charge is 2.16. The summed E-state index contributed by atoms with van der Waals surface area (Å²) in [6.45, 7) is 3.48. The van der Waals surface area contributed by atoms with E-state index in [-0.39, 0.29) is 24.1 Å². The lowest BCUT2D eigenvalue weighted by atomic mass is 9.87. The molecule has 0 unspecified atom stereocenters. The number of halogens is 2. The molecular formula is C21H25F2NO2. The molecule has 5 heteroatoms. The van der Waals surface area contributed by atoms with Gasteiger partial charge >= 0.3 is 5.97 Å². The maximum absolute atomic E-state index is 13.3. The SMILES string of the molecule is CCCN(CCCC(c1ccc(F)cc1)c1ccc(F)cc1)CC(=O)O. The Morgan fingerprint density at radius 2 is 1.46 bits per heavy atom. The lowest BCUT2D eigenvalue weighted by Gasteiger charge is -2.22. The van der Waals surface area contributed by atoms with Crippen molar-refractivity contribution in [1.82, 2.24) is 4.90 Å². The number of carbonyl (C=O) groups is 1. The van der Waals surface area contributed by atoms with E-state index in [2.05, 4.69) is 0 Å². The molecule has 2 rings (SSSR count). The molecule has 0 aromatic heterocycles. The van der Waals surface area contributed by atoms with Crippen molar-refractivity contribution in [2.45, 2.75) is 32.1 Å². The van der Waals surface area contributed by atoms with Gasteiger partial charge in [0.15, 0.2) is 0 Å². The summed E-state index contributed by atoms with van der Waals surface area (Å²) in [4.78, 5) is 12.9. The van der Waals surface area contributed by atoms with Crippen molar-refractivity contribution < 1.29 is 18.7 Å². The molecule has 0 amide bonds. The van der Waals surface area contributed by atoms with Gasteiger partial charge in [0.2, 0.25) is 0 Å². The number of nitrogens with zero attached hydrogens (tertiary/aromatic N) is 1. The molecule has 0 heterocycles. The van der Waals surface area contributed by atoms with Crippen LogP contribution in [0.3, 0.4) is 0 Å². The number of aliphatic carboxylic acids is 1. The minimum absolute atomic E-state index is 0.0181. The van der Waals surface area contributed by atoms with Gasteiger partial charge in [-0.15, -0.1) is 0 Å². The molecule has 0 radical (unpaired) electrons. The normalized spacial score (nSPS) is 11.3. The van der Waals surface area contributed by atoms with Crippen LogP contribution in [-0.2, 0) is 4.79 Å². The second-order valence-corrected chi connectivity index (χ2v) is 6.47. The highest BCUT2D eigenvalue weighted by atomic mass is 19.1. The third-order valence-electron chi connectivity index (χ3n) is 4.41. The van der Waals surface area contributed by atoms with Crippen LogP contribution in [0.15, 0.2) is 48.5 Å².